The third kappa shape index (κ3) is 4.12. The maximum absolute atomic E-state index is 12.3. The molecule has 2 aromatic carbocycles. The van der Waals surface area contributed by atoms with Crippen molar-refractivity contribution < 1.29 is 4.79 Å². The Bertz CT molecular complexity index is 1010. The monoisotopic (exact) mass is 392 g/mol. The molecule has 1 heterocycles. The van der Waals surface area contributed by atoms with E-state index in [1.165, 1.54) is 28.7 Å². The molecule has 0 saturated carbocycles. The number of amides is 1. The smallest absolute Gasteiger partial charge is 0.225 e. The zero-order chi connectivity index (χ0) is 19.5. The van der Waals surface area contributed by atoms with E-state index < -0.39 is 0 Å². The van der Waals surface area contributed by atoms with Crippen LogP contribution in [0.15, 0.2) is 47.9 Å². The van der Waals surface area contributed by atoms with Crippen molar-refractivity contribution >= 4 is 23.4 Å². The Morgan fingerprint density at radius 2 is 2.00 bits per heavy atom. The zero-order valence-electron chi connectivity index (χ0n) is 16.2. The van der Waals surface area contributed by atoms with Crippen LogP contribution < -0.4 is 5.32 Å². The number of carbonyl (C=O) groups excluding carboxylic acids is 1. The van der Waals surface area contributed by atoms with Crippen LogP contribution >= 0.6 is 11.8 Å². The fourth-order valence-electron chi connectivity index (χ4n) is 3.67. The molecule has 0 spiro atoms. The Balaban J connectivity index is 1.34. The number of anilines is 1. The number of rotatable bonds is 6. The number of nitrogens with one attached hydrogen (secondary N) is 1. The number of hydrogen-bond donors (Lipinski definition) is 1. The van der Waals surface area contributed by atoms with Gasteiger partial charge in [-0.2, -0.15) is 0 Å². The van der Waals surface area contributed by atoms with Crippen LogP contribution in [0.4, 0.5) is 5.69 Å². The SMILES string of the molecule is Cc1ccc(-n2cnnc2SCCC(=O)Nc2ccc3c(c2)CCC3)c(C)c1. The van der Waals surface area contributed by atoms with Crippen molar-refractivity contribution in [2.45, 2.75) is 44.7 Å². The molecule has 5 nitrogen and oxygen atoms in total. The fourth-order valence-corrected chi connectivity index (χ4v) is 4.53. The highest BCUT2D eigenvalue weighted by Gasteiger charge is 2.13. The first-order valence-corrected chi connectivity index (χ1v) is 10.6. The summed E-state index contributed by atoms with van der Waals surface area (Å²) in [6, 6.07) is 12.6. The highest BCUT2D eigenvalue weighted by molar-refractivity contribution is 7.99. The lowest BCUT2D eigenvalue weighted by molar-refractivity contribution is -0.115. The molecule has 0 saturated heterocycles. The molecule has 0 bridgehead atoms. The van der Waals surface area contributed by atoms with E-state index in [9.17, 15) is 4.79 Å². The number of aromatic nitrogens is 3. The van der Waals surface area contributed by atoms with E-state index in [4.69, 9.17) is 0 Å². The molecule has 0 aliphatic heterocycles. The molecule has 1 aliphatic rings. The van der Waals surface area contributed by atoms with E-state index >= 15 is 0 Å². The van der Waals surface area contributed by atoms with E-state index in [0.29, 0.717) is 12.2 Å². The third-order valence-corrected chi connectivity index (χ3v) is 6.02. The minimum atomic E-state index is 0.0306. The summed E-state index contributed by atoms with van der Waals surface area (Å²) in [5.41, 5.74) is 7.16. The van der Waals surface area contributed by atoms with Crippen molar-refractivity contribution in [3.8, 4) is 5.69 Å². The van der Waals surface area contributed by atoms with Crippen molar-refractivity contribution in [3.63, 3.8) is 0 Å². The average Bonchev–Trinajstić information content (AvgIpc) is 3.30. The van der Waals surface area contributed by atoms with Gasteiger partial charge in [0.2, 0.25) is 5.91 Å². The van der Waals surface area contributed by atoms with Gasteiger partial charge in [-0.05, 0) is 68.0 Å². The molecule has 1 amide bonds. The van der Waals surface area contributed by atoms with Gasteiger partial charge in [0, 0.05) is 17.9 Å². The highest BCUT2D eigenvalue weighted by Crippen LogP contribution is 2.26. The lowest BCUT2D eigenvalue weighted by Gasteiger charge is -2.10. The number of carbonyl (C=O) groups is 1. The number of nitrogens with zero attached hydrogens (tertiary/aromatic N) is 3. The van der Waals surface area contributed by atoms with Crippen molar-refractivity contribution in [3.05, 3.63) is 65.0 Å². The summed E-state index contributed by atoms with van der Waals surface area (Å²) >= 11 is 1.55. The maximum atomic E-state index is 12.3. The number of benzene rings is 2. The molecule has 3 aromatic rings. The normalized spacial score (nSPS) is 12.8. The van der Waals surface area contributed by atoms with Crippen molar-refractivity contribution in [2.75, 3.05) is 11.1 Å². The Kier molecular flexibility index (Phi) is 5.48. The molecule has 144 valence electrons. The van der Waals surface area contributed by atoms with Crippen molar-refractivity contribution in [2.24, 2.45) is 0 Å². The van der Waals surface area contributed by atoms with Crippen LogP contribution in [0.5, 0.6) is 0 Å². The summed E-state index contributed by atoms with van der Waals surface area (Å²) in [6.45, 7) is 4.17. The molecule has 0 fully saturated rings. The van der Waals surface area contributed by atoms with Crippen molar-refractivity contribution in [1.82, 2.24) is 14.8 Å². The van der Waals surface area contributed by atoms with Crippen LogP contribution in [-0.4, -0.2) is 26.4 Å². The first kappa shape index (κ1) is 18.7. The van der Waals surface area contributed by atoms with E-state index in [0.717, 1.165) is 29.4 Å². The average molecular weight is 393 g/mol. The summed E-state index contributed by atoms with van der Waals surface area (Å²) in [4.78, 5) is 12.3. The molecule has 1 aliphatic carbocycles. The fraction of sp³-hybridized carbons (Fsp3) is 0.318. The second-order valence-electron chi connectivity index (χ2n) is 7.26. The summed E-state index contributed by atoms with van der Waals surface area (Å²) < 4.78 is 1.98. The lowest BCUT2D eigenvalue weighted by Crippen LogP contribution is -2.12. The second-order valence-corrected chi connectivity index (χ2v) is 8.32. The second kappa shape index (κ2) is 8.19. The van der Waals surface area contributed by atoms with Gasteiger partial charge in [0.05, 0.1) is 5.69 Å². The van der Waals surface area contributed by atoms with Gasteiger partial charge in [-0.1, -0.05) is 35.5 Å². The Morgan fingerprint density at radius 3 is 2.86 bits per heavy atom. The van der Waals surface area contributed by atoms with Gasteiger partial charge in [0.25, 0.3) is 0 Å². The van der Waals surface area contributed by atoms with Gasteiger partial charge in [0.15, 0.2) is 5.16 Å². The largest absolute Gasteiger partial charge is 0.326 e. The highest BCUT2D eigenvalue weighted by atomic mass is 32.2. The predicted molar refractivity (Wildman–Crippen MR) is 113 cm³/mol. The van der Waals surface area contributed by atoms with E-state index in [2.05, 4.69) is 59.7 Å². The minimum Gasteiger partial charge on any atom is -0.326 e. The van der Waals surface area contributed by atoms with Gasteiger partial charge in [-0.25, -0.2) is 0 Å². The Morgan fingerprint density at radius 1 is 1.14 bits per heavy atom. The van der Waals surface area contributed by atoms with E-state index in [1.54, 1.807) is 18.1 Å². The van der Waals surface area contributed by atoms with Crippen LogP contribution in [0, 0.1) is 13.8 Å². The van der Waals surface area contributed by atoms with Crippen LogP contribution in [0.25, 0.3) is 5.69 Å². The molecular weight excluding hydrogens is 368 g/mol. The van der Waals surface area contributed by atoms with E-state index in [-0.39, 0.29) is 5.91 Å². The van der Waals surface area contributed by atoms with Crippen LogP contribution in [0.2, 0.25) is 0 Å². The van der Waals surface area contributed by atoms with Gasteiger partial charge in [-0.3, -0.25) is 9.36 Å². The standard InChI is InChI=1S/C22H24N4OS/c1-15-6-9-20(16(2)12-15)26-14-23-25-22(26)28-11-10-21(27)24-19-8-7-17-4-3-5-18(17)13-19/h6-9,12-14H,3-5,10-11H2,1-2H3,(H,24,27). The number of fused-ring (bicyclic) bond motifs is 1. The van der Waals surface area contributed by atoms with Gasteiger partial charge >= 0.3 is 0 Å². The minimum absolute atomic E-state index is 0.0306. The number of aryl methyl sites for hydroxylation is 4. The molecular formula is C22H24N4OS. The van der Waals surface area contributed by atoms with Crippen LogP contribution in [0.1, 0.15) is 35.1 Å². The van der Waals surface area contributed by atoms with Gasteiger partial charge in [-0.15, -0.1) is 10.2 Å². The first-order chi connectivity index (χ1) is 13.6. The Labute approximate surface area is 169 Å². The molecule has 0 atom stereocenters. The number of thioether (sulfide) groups is 1. The third-order valence-electron chi connectivity index (χ3n) is 5.07. The molecule has 1 aromatic heterocycles. The molecule has 4 rings (SSSR count). The summed E-state index contributed by atoms with van der Waals surface area (Å²) in [7, 11) is 0. The predicted octanol–water partition coefficient (Wildman–Crippen LogP) is 4.49. The molecule has 28 heavy (non-hydrogen) atoms. The molecule has 0 radical (unpaired) electrons. The topological polar surface area (TPSA) is 59.8 Å². The Hall–Kier alpha value is -2.60. The molecule has 0 unspecified atom stereocenters. The molecule has 1 N–H and O–H groups in total. The van der Waals surface area contributed by atoms with Gasteiger partial charge in [0.1, 0.15) is 6.33 Å². The molecule has 6 heteroatoms. The first-order valence-electron chi connectivity index (χ1n) is 9.62. The van der Waals surface area contributed by atoms with Crippen LogP contribution in [-0.2, 0) is 17.6 Å². The zero-order valence-corrected chi connectivity index (χ0v) is 17.1. The van der Waals surface area contributed by atoms with Crippen LogP contribution in [0.3, 0.4) is 0 Å². The van der Waals surface area contributed by atoms with E-state index in [1.807, 2.05) is 10.6 Å². The van der Waals surface area contributed by atoms with Crippen molar-refractivity contribution in [1.29, 1.82) is 0 Å². The summed E-state index contributed by atoms with van der Waals surface area (Å²) in [5.74, 6) is 0.684. The summed E-state index contributed by atoms with van der Waals surface area (Å²) in [6.07, 6.45) is 5.64. The lowest BCUT2D eigenvalue weighted by atomic mass is 10.1. The van der Waals surface area contributed by atoms with Gasteiger partial charge < -0.3 is 5.32 Å². The summed E-state index contributed by atoms with van der Waals surface area (Å²) in [5, 5.41) is 12.1. The quantitative estimate of drug-likeness (QED) is 0.628. The number of hydrogen-bond acceptors (Lipinski definition) is 4. The maximum Gasteiger partial charge on any atom is 0.225 e.